The third-order valence-electron chi connectivity index (χ3n) is 2.16. The van der Waals surface area contributed by atoms with E-state index in [9.17, 15) is 8.42 Å². The van der Waals surface area contributed by atoms with Crippen LogP contribution in [0.1, 0.15) is 48.0 Å². The van der Waals surface area contributed by atoms with Crippen molar-refractivity contribution < 1.29 is 8.42 Å². The number of sulfone groups is 1. The van der Waals surface area contributed by atoms with Gasteiger partial charge in [0.05, 0.1) is 5.75 Å². The van der Waals surface area contributed by atoms with Gasteiger partial charge in [-0.05, 0) is 32.6 Å². The van der Waals surface area contributed by atoms with Crippen LogP contribution in [0.15, 0.2) is 0 Å². The third-order valence-corrected chi connectivity index (χ3v) is 3.27. The highest BCUT2D eigenvalue weighted by atomic mass is 32.2. The van der Waals surface area contributed by atoms with Crippen molar-refractivity contribution in [1.82, 2.24) is 5.32 Å². The molecule has 0 amide bonds. The third kappa shape index (κ3) is 9.16. The first-order chi connectivity index (χ1) is 6.81. The highest BCUT2D eigenvalue weighted by Gasteiger charge is 2.27. The number of hydrogen-bond acceptors (Lipinski definition) is 3. The quantitative estimate of drug-likeness (QED) is 0.812. The van der Waals surface area contributed by atoms with Crippen LogP contribution in [0.25, 0.3) is 0 Å². The van der Waals surface area contributed by atoms with Crippen LogP contribution < -0.4 is 5.32 Å². The summed E-state index contributed by atoms with van der Waals surface area (Å²) in [6.07, 6.45) is 2.29. The lowest BCUT2D eigenvalue weighted by Crippen LogP contribution is -2.49. The summed E-state index contributed by atoms with van der Waals surface area (Å²) < 4.78 is 22.3. The molecule has 0 aliphatic carbocycles. The van der Waals surface area contributed by atoms with Gasteiger partial charge in [-0.15, -0.1) is 0 Å². The second-order valence-electron chi connectivity index (χ2n) is 6.76. The summed E-state index contributed by atoms with van der Waals surface area (Å²) in [6.45, 7) is 12.7. The Hall–Kier alpha value is -0.0900. The highest BCUT2D eigenvalue weighted by molar-refractivity contribution is 7.90. The summed E-state index contributed by atoms with van der Waals surface area (Å²) in [5, 5.41) is 3.39. The van der Waals surface area contributed by atoms with Gasteiger partial charge in [-0.25, -0.2) is 8.42 Å². The summed E-state index contributed by atoms with van der Waals surface area (Å²) in [7, 11) is -2.90. The van der Waals surface area contributed by atoms with Gasteiger partial charge < -0.3 is 5.32 Å². The average molecular weight is 249 g/mol. The van der Waals surface area contributed by atoms with Gasteiger partial charge in [-0.1, -0.05) is 20.8 Å². The monoisotopic (exact) mass is 249 g/mol. The zero-order valence-corrected chi connectivity index (χ0v) is 12.5. The largest absolute Gasteiger partial charge is 0.308 e. The molecule has 0 aliphatic rings. The van der Waals surface area contributed by atoms with E-state index in [2.05, 4.69) is 39.9 Å². The van der Waals surface area contributed by atoms with Crippen molar-refractivity contribution >= 4 is 9.84 Å². The molecular formula is C12H27NO2S. The first-order valence-electron chi connectivity index (χ1n) is 5.76. The first kappa shape index (κ1) is 15.9. The Bertz CT molecular complexity index is 312. The van der Waals surface area contributed by atoms with Gasteiger partial charge >= 0.3 is 0 Å². The fourth-order valence-electron chi connectivity index (χ4n) is 2.54. The molecule has 98 valence electrons. The van der Waals surface area contributed by atoms with Crippen molar-refractivity contribution in [2.24, 2.45) is 5.41 Å². The number of hydrogen-bond donors (Lipinski definition) is 1. The summed E-state index contributed by atoms with van der Waals surface area (Å²) in [5.41, 5.74) is 0.198. The molecule has 0 aliphatic heterocycles. The van der Waals surface area contributed by atoms with E-state index in [1.165, 1.54) is 6.26 Å². The lowest BCUT2D eigenvalue weighted by Gasteiger charge is -2.35. The van der Waals surface area contributed by atoms with E-state index in [-0.39, 0.29) is 22.7 Å². The van der Waals surface area contributed by atoms with Crippen LogP contribution in [0.2, 0.25) is 0 Å². The molecule has 0 rings (SSSR count). The molecule has 0 bridgehead atoms. The molecule has 0 aromatic carbocycles. The summed E-state index contributed by atoms with van der Waals surface area (Å²) in [5.74, 6) is 0.195. The van der Waals surface area contributed by atoms with E-state index in [0.29, 0.717) is 0 Å². The van der Waals surface area contributed by atoms with Gasteiger partial charge in [0.15, 0.2) is 0 Å². The molecule has 0 aromatic heterocycles. The molecule has 16 heavy (non-hydrogen) atoms. The summed E-state index contributed by atoms with van der Waals surface area (Å²) in [4.78, 5) is 0. The fraction of sp³-hybridized carbons (Fsp3) is 1.00. The molecule has 0 heterocycles. The molecule has 1 N–H and O–H groups in total. The van der Waals surface area contributed by atoms with Crippen molar-refractivity contribution in [2.45, 2.75) is 59.5 Å². The molecule has 4 heteroatoms. The molecule has 0 saturated heterocycles. The van der Waals surface area contributed by atoms with Gasteiger partial charge in [0, 0.05) is 17.8 Å². The Morgan fingerprint density at radius 2 is 1.56 bits per heavy atom. The SMILES string of the molecule is CC(CS(C)(=O)=O)NC(C)(C)CC(C)(C)C. The Kier molecular flexibility index (Phi) is 5.02. The Morgan fingerprint density at radius 3 is 1.88 bits per heavy atom. The molecule has 0 radical (unpaired) electrons. The van der Waals surface area contributed by atoms with Crippen LogP contribution in [0, 0.1) is 5.41 Å². The van der Waals surface area contributed by atoms with Crippen LogP contribution in [0.5, 0.6) is 0 Å². The van der Waals surface area contributed by atoms with Crippen LogP contribution in [0.4, 0.5) is 0 Å². The van der Waals surface area contributed by atoms with Crippen LogP contribution >= 0.6 is 0 Å². The van der Waals surface area contributed by atoms with Gasteiger partial charge in [0.2, 0.25) is 0 Å². The molecule has 1 atom stereocenters. The second-order valence-corrected chi connectivity index (χ2v) is 8.94. The maximum atomic E-state index is 11.2. The first-order valence-corrected chi connectivity index (χ1v) is 7.82. The van der Waals surface area contributed by atoms with Crippen LogP contribution in [-0.2, 0) is 9.84 Å². The van der Waals surface area contributed by atoms with E-state index in [1.54, 1.807) is 0 Å². The van der Waals surface area contributed by atoms with Gasteiger partial charge in [0.25, 0.3) is 0 Å². The lowest BCUT2D eigenvalue weighted by atomic mass is 9.81. The van der Waals surface area contributed by atoms with Gasteiger partial charge in [-0.3, -0.25) is 0 Å². The maximum Gasteiger partial charge on any atom is 0.148 e. The molecule has 0 aromatic rings. The minimum atomic E-state index is -2.90. The minimum absolute atomic E-state index is 0.00708. The van der Waals surface area contributed by atoms with E-state index in [1.807, 2.05) is 6.92 Å². The Morgan fingerprint density at radius 1 is 1.12 bits per heavy atom. The molecule has 1 unspecified atom stereocenters. The number of rotatable bonds is 5. The Balaban J connectivity index is 4.37. The van der Waals surface area contributed by atoms with Crippen molar-refractivity contribution in [2.75, 3.05) is 12.0 Å². The van der Waals surface area contributed by atoms with Gasteiger partial charge in [-0.2, -0.15) is 0 Å². The second kappa shape index (κ2) is 5.05. The zero-order valence-electron chi connectivity index (χ0n) is 11.7. The van der Waals surface area contributed by atoms with Crippen molar-refractivity contribution in [1.29, 1.82) is 0 Å². The predicted octanol–water partition coefficient (Wildman–Crippen LogP) is 2.22. The van der Waals surface area contributed by atoms with Crippen molar-refractivity contribution in [3.05, 3.63) is 0 Å². The smallest absolute Gasteiger partial charge is 0.148 e. The topological polar surface area (TPSA) is 46.2 Å². The standard InChI is InChI=1S/C12H27NO2S/c1-10(8-16(7,14)15)13-12(5,6)9-11(2,3)4/h10,13H,8-9H2,1-7H3. The minimum Gasteiger partial charge on any atom is -0.308 e. The number of nitrogens with one attached hydrogen (secondary N) is 1. The maximum absolute atomic E-state index is 11.2. The molecule has 0 spiro atoms. The van der Waals surface area contributed by atoms with Crippen LogP contribution in [0.3, 0.4) is 0 Å². The van der Waals surface area contributed by atoms with E-state index in [4.69, 9.17) is 0 Å². The van der Waals surface area contributed by atoms with E-state index in [0.717, 1.165) is 6.42 Å². The molecule has 0 saturated carbocycles. The van der Waals surface area contributed by atoms with Gasteiger partial charge in [0.1, 0.15) is 9.84 Å². The fourth-order valence-corrected chi connectivity index (χ4v) is 3.53. The Labute approximate surface area is 101 Å². The van der Waals surface area contributed by atoms with Crippen LogP contribution in [-0.4, -0.2) is 32.0 Å². The van der Waals surface area contributed by atoms with Crippen molar-refractivity contribution in [3.8, 4) is 0 Å². The highest BCUT2D eigenvalue weighted by Crippen LogP contribution is 2.27. The molecule has 3 nitrogen and oxygen atoms in total. The molecular weight excluding hydrogens is 222 g/mol. The summed E-state index contributed by atoms with van der Waals surface area (Å²) >= 11 is 0. The normalized spacial score (nSPS) is 16.2. The zero-order chi connectivity index (χ0) is 13.2. The summed E-state index contributed by atoms with van der Waals surface area (Å²) in [6, 6.07) is -0.00708. The van der Waals surface area contributed by atoms with E-state index >= 15 is 0 Å². The molecule has 0 fully saturated rings. The van der Waals surface area contributed by atoms with E-state index < -0.39 is 9.84 Å². The average Bonchev–Trinajstić information content (AvgIpc) is 1.70. The lowest BCUT2D eigenvalue weighted by molar-refractivity contribution is 0.230. The predicted molar refractivity (Wildman–Crippen MR) is 70.5 cm³/mol. The van der Waals surface area contributed by atoms with Crippen molar-refractivity contribution in [3.63, 3.8) is 0 Å².